The Morgan fingerprint density at radius 3 is 2.68 bits per heavy atom. The van der Waals surface area contributed by atoms with E-state index in [0.29, 0.717) is 0 Å². The summed E-state index contributed by atoms with van der Waals surface area (Å²) in [6.07, 6.45) is -6.49. The molecule has 5 N–H and O–H groups in total. The maximum absolute atomic E-state index is 11.6. The van der Waals surface area contributed by atoms with Crippen molar-refractivity contribution in [2.45, 2.75) is 30.8 Å². The number of H-pyrrole nitrogens is 1. The molecule has 1 unspecified atom stereocenters. The van der Waals surface area contributed by atoms with Gasteiger partial charge in [0.2, 0.25) is 0 Å². The number of nitrogens with one attached hydrogen (secondary N) is 1. The molecule has 1 aliphatic heterocycles. The summed E-state index contributed by atoms with van der Waals surface area (Å²) in [6, 6.07) is 1.03. The summed E-state index contributed by atoms with van der Waals surface area (Å²) in [5.41, 5.74) is -1.49. The van der Waals surface area contributed by atoms with Crippen LogP contribution in [0.2, 0.25) is 0 Å². The first-order chi connectivity index (χ1) is 10.3. The van der Waals surface area contributed by atoms with Crippen molar-refractivity contribution in [3.63, 3.8) is 0 Å². The van der Waals surface area contributed by atoms with Gasteiger partial charge in [0.15, 0.2) is 6.23 Å². The van der Waals surface area contributed by atoms with Gasteiger partial charge in [0.05, 0.1) is 6.61 Å². The zero-order chi connectivity index (χ0) is 16.4. The standard InChI is InChI=1S/C11H14N2O9/c14-5-1-2-13(11(20)12-5)8-7(16)6(15)4(22-8)3-21-10(19)9(17)18/h1-2,4,6-8,10,15-16,19H,3H2,(H,17,18)(H,12,14,20)/t4-,6-,7-,8-,10?/m1/s1. The molecule has 1 aromatic rings. The van der Waals surface area contributed by atoms with E-state index in [-0.39, 0.29) is 0 Å². The molecule has 0 aromatic carbocycles. The van der Waals surface area contributed by atoms with Crippen LogP contribution in [-0.2, 0) is 14.3 Å². The van der Waals surface area contributed by atoms with Crippen molar-refractivity contribution in [3.8, 4) is 0 Å². The minimum absolute atomic E-state index is 0.527. The Labute approximate surface area is 122 Å². The van der Waals surface area contributed by atoms with Gasteiger partial charge in [-0.15, -0.1) is 0 Å². The molecule has 1 saturated heterocycles. The topological polar surface area (TPSA) is 171 Å². The molecular weight excluding hydrogens is 304 g/mol. The van der Waals surface area contributed by atoms with E-state index in [2.05, 4.69) is 4.74 Å². The van der Waals surface area contributed by atoms with Gasteiger partial charge in [-0.25, -0.2) is 9.59 Å². The molecule has 0 saturated carbocycles. The molecule has 0 radical (unpaired) electrons. The molecule has 2 heterocycles. The van der Waals surface area contributed by atoms with E-state index in [1.165, 1.54) is 0 Å². The lowest BCUT2D eigenvalue weighted by Crippen LogP contribution is -2.38. The van der Waals surface area contributed by atoms with Crippen molar-refractivity contribution in [1.29, 1.82) is 0 Å². The number of carboxylic acids is 1. The number of ether oxygens (including phenoxy) is 2. The van der Waals surface area contributed by atoms with Crippen molar-refractivity contribution >= 4 is 5.97 Å². The molecule has 1 aromatic heterocycles. The van der Waals surface area contributed by atoms with Crippen LogP contribution in [0.5, 0.6) is 0 Å². The number of aromatic amines is 1. The van der Waals surface area contributed by atoms with Crippen molar-refractivity contribution in [2.24, 2.45) is 0 Å². The summed E-state index contributed by atoms with van der Waals surface area (Å²) in [4.78, 5) is 35.0. The van der Waals surface area contributed by atoms with Gasteiger partial charge < -0.3 is 29.9 Å². The van der Waals surface area contributed by atoms with E-state index in [0.717, 1.165) is 16.8 Å². The minimum atomic E-state index is -2.11. The van der Waals surface area contributed by atoms with E-state index >= 15 is 0 Å². The number of aliphatic hydroxyl groups excluding tert-OH is 3. The van der Waals surface area contributed by atoms with Crippen LogP contribution in [0.4, 0.5) is 0 Å². The van der Waals surface area contributed by atoms with Crippen molar-refractivity contribution in [3.05, 3.63) is 33.1 Å². The van der Waals surface area contributed by atoms with Gasteiger partial charge >= 0.3 is 11.7 Å². The van der Waals surface area contributed by atoms with E-state index in [1.54, 1.807) is 0 Å². The normalized spacial score (nSPS) is 29.4. The Hall–Kier alpha value is -2.05. The van der Waals surface area contributed by atoms with Gasteiger partial charge in [0.25, 0.3) is 11.8 Å². The average Bonchev–Trinajstić information content (AvgIpc) is 2.73. The van der Waals surface area contributed by atoms with E-state index in [9.17, 15) is 24.6 Å². The molecule has 0 amide bonds. The van der Waals surface area contributed by atoms with Gasteiger partial charge in [-0.05, 0) is 0 Å². The number of rotatable bonds is 5. The lowest BCUT2D eigenvalue weighted by atomic mass is 10.1. The van der Waals surface area contributed by atoms with E-state index in [4.69, 9.17) is 14.9 Å². The van der Waals surface area contributed by atoms with Crippen LogP contribution in [0, 0.1) is 0 Å². The van der Waals surface area contributed by atoms with Crippen LogP contribution in [-0.4, -0.2) is 67.2 Å². The first-order valence-corrected chi connectivity index (χ1v) is 6.17. The lowest BCUT2D eigenvalue weighted by Gasteiger charge is -2.16. The summed E-state index contributed by atoms with van der Waals surface area (Å²) in [6.45, 7) is -0.527. The van der Waals surface area contributed by atoms with Gasteiger partial charge in [-0.3, -0.25) is 14.3 Å². The van der Waals surface area contributed by atoms with Crippen LogP contribution >= 0.6 is 0 Å². The van der Waals surface area contributed by atoms with Gasteiger partial charge in [-0.2, -0.15) is 0 Å². The van der Waals surface area contributed by atoms with Crippen LogP contribution in [0.15, 0.2) is 21.9 Å². The first-order valence-electron chi connectivity index (χ1n) is 6.17. The summed E-state index contributed by atoms with van der Waals surface area (Å²) in [7, 11) is 0. The lowest BCUT2D eigenvalue weighted by molar-refractivity contribution is -0.185. The predicted molar refractivity (Wildman–Crippen MR) is 66.8 cm³/mol. The third kappa shape index (κ3) is 3.23. The number of aromatic nitrogens is 2. The van der Waals surface area contributed by atoms with Crippen LogP contribution in [0.25, 0.3) is 0 Å². The largest absolute Gasteiger partial charge is 0.477 e. The fourth-order valence-electron chi connectivity index (χ4n) is 1.98. The Morgan fingerprint density at radius 2 is 2.09 bits per heavy atom. The molecule has 0 bridgehead atoms. The number of carboxylic acid groups (broad SMARTS) is 1. The van der Waals surface area contributed by atoms with E-state index < -0.39 is 54.7 Å². The summed E-state index contributed by atoms with van der Waals surface area (Å²) in [5, 5.41) is 37.1. The highest BCUT2D eigenvalue weighted by atomic mass is 16.6. The number of nitrogens with zero attached hydrogens (tertiary/aromatic N) is 1. The molecule has 11 nitrogen and oxygen atoms in total. The molecule has 2 rings (SSSR count). The minimum Gasteiger partial charge on any atom is -0.477 e. The molecule has 0 spiro atoms. The average molecular weight is 318 g/mol. The van der Waals surface area contributed by atoms with Gasteiger partial charge in [0, 0.05) is 12.3 Å². The zero-order valence-corrected chi connectivity index (χ0v) is 11.0. The molecule has 5 atom stereocenters. The predicted octanol–water partition coefficient (Wildman–Crippen LogP) is -3.42. The third-order valence-corrected chi connectivity index (χ3v) is 3.09. The maximum Gasteiger partial charge on any atom is 0.360 e. The highest BCUT2D eigenvalue weighted by molar-refractivity contribution is 5.70. The SMILES string of the molecule is O=C(O)C(O)OC[C@H]1O[C@@H](n2ccc(=O)[nH]c2=O)[C@H](O)[C@@H]1O. The second-order valence-corrected chi connectivity index (χ2v) is 4.59. The zero-order valence-electron chi connectivity index (χ0n) is 11.0. The highest BCUT2D eigenvalue weighted by Crippen LogP contribution is 2.28. The second-order valence-electron chi connectivity index (χ2n) is 4.59. The van der Waals surface area contributed by atoms with Gasteiger partial charge in [0.1, 0.15) is 18.3 Å². The quantitative estimate of drug-likeness (QED) is 0.346. The van der Waals surface area contributed by atoms with E-state index in [1.807, 2.05) is 4.98 Å². The number of aliphatic carboxylic acids is 1. The fourth-order valence-corrected chi connectivity index (χ4v) is 1.98. The van der Waals surface area contributed by atoms with Crippen molar-refractivity contribution in [1.82, 2.24) is 9.55 Å². The third-order valence-electron chi connectivity index (χ3n) is 3.09. The first kappa shape index (κ1) is 16.3. The molecular formula is C11H14N2O9. The van der Waals surface area contributed by atoms with Crippen molar-refractivity contribution in [2.75, 3.05) is 6.61 Å². The van der Waals surface area contributed by atoms with Crippen LogP contribution < -0.4 is 11.2 Å². The highest BCUT2D eigenvalue weighted by Gasteiger charge is 2.44. The molecule has 1 fully saturated rings. The van der Waals surface area contributed by atoms with Crippen LogP contribution in [0.1, 0.15) is 6.23 Å². The number of hydrogen-bond acceptors (Lipinski definition) is 8. The monoisotopic (exact) mass is 318 g/mol. The Balaban J connectivity index is 2.11. The smallest absolute Gasteiger partial charge is 0.360 e. The Kier molecular flexibility index (Phi) is 4.73. The summed E-state index contributed by atoms with van der Waals surface area (Å²) < 4.78 is 10.7. The number of carbonyl (C=O) groups is 1. The Morgan fingerprint density at radius 1 is 1.41 bits per heavy atom. The van der Waals surface area contributed by atoms with Gasteiger partial charge in [-0.1, -0.05) is 0 Å². The molecule has 22 heavy (non-hydrogen) atoms. The fraction of sp³-hybridized carbons (Fsp3) is 0.545. The summed E-state index contributed by atoms with van der Waals surface area (Å²) in [5.74, 6) is -1.62. The maximum atomic E-state index is 11.6. The Bertz CT molecular complexity index is 653. The molecule has 0 aliphatic carbocycles. The number of aliphatic hydroxyl groups is 3. The molecule has 11 heteroatoms. The number of hydrogen-bond donors (Lipinski definition) is 5. The van der Waals surface area contributed by atoms with Crippen molar-refractivity contribution < 1.29 is 34.7 Å². The summed E-state index contributed by atoms with van der Waals surface area (Å²) >= 11 is 0. The second kappa shape index (κ2) is 6.37. The molecule has 1 aliphatic rings. The van der Waals surface area contributed by atoms with Crippen LogP contribution in [0.3, 0.4) is 0 Å². The molecule has 122 valence electrons.